The minimum atomic E-state index is -4.68. The van der Waals surface area contributed by atoms with Crippen LogP contribution in [0.4, 0.5) is 13.2 Å². The van der Waals surface area contributed by atoms with Crippen LogP contribution in [-0.4, -0.2) is 29.1 Å². The number of amides is 1. The van der Waals surface area contributed by atoms with Gasteiger partial charge in [-0.15, -0.1) is 0 Å². The van der Waals surface area contributed by atoms with Gasteiger partial charge < -0.3 is 4.90 Å². The van der Waals surface area contributed by atoms with Crippen LogP contribution >= 0.6 is 0 Å². The molecule has 74 valence electrons. The molecule has 1 saturated heterocycles. The average molecular weight is 193 g/mol. The maximum absolute atomic E-state index is 12.0. The summed E-state index contributed by atoms with van der Waals surface area (Å²) in [6, 6.07) is -0.217. The highest BCUT2D eigenvalue weighted by Crippen LogP contribution is 2.42. The summed E-state index contributed by atoms with van der Waals surface area (Å²) in [5, 5.41) is 0. The highest BCUT2D eigenvalue weighted by Gasteiger charge is 2.58. The van der Waals surface area contributed by atoms with Gasteiger partial charge in [-0.1, -0.05) is 12.8 Å². The second-order valence-electron chi connectivity index (χ2n) is 3.63. The molecule has 1 aliphatic heterocycles. The van der Waals surface area contributed by atoms with Crippen LogP contribution in [0.15, 0.2) is 0 Å². The third-order valence-electron chi connectivity index (χ3n) is 2.80. The fourth-order valence-corrected chi connectivity index (χ4v) is 2.15. The first-order valence-corrected chi connectivity index (χ1v) is 4.41. The van der Waals surface area contributed by atoms with Crippen LogP contribution in [0.25, 0.3) is 0 Å². The van der Waals surface area contributed by atoms with Gasteiger partial charge in [-0.3, -0.25) is 4.79 Å². The summed E-state index contributed by atoms with van der Waals surface area (Å²) >= 11 is 0. The lowest BCUT2D eigenvalue weighted by Gasteiger charge is -2.06. The van der Waals surface area contributed by atoms with Gasteiger partial charge in [0.2, 0.25) is 0 Å². The second-order valence-corrected chi connectivity index (χ2v) is 3.63. The van der Waals surface area contributed by atoms with Crippen LogP contribution in [0.5, 0.6) is 0 Å². The zero-order valence-electron chi connectivity index (χ0n) is 6.97. The van der Waals surface area contributed by atoms with Gasteiger partial charge in [0.15, 0.2) is 0 Å². The van der Waals surface area contributed by atoms with Crippen molar-refractivity contribution in [1.82, 2.24) is 4.90 Å². The highest BCUT2D eigenvalue weighted by atomic mass is 19.4. The standard InChI is InChI=1S/C8H10F3NO/c9-8(10,11)7(13)12-5-3-1-2-4-6(5)12/h5-6H,1-4H2. The Balaban J connectivity index is 2.01. The van der Waals surface area contributed by atoms with E-state index in [4.69, 9.17) is 0 Å². The smallest absolute Gasteiger partial charge is 0.325 e. The monoisotopic (exact) mass is 193 g/mol. The number of hydrogen-bond acceptors (Lipinski definition) is 1. The number of nitrogens with zero attached hydrogens (tertiary/aromatic N) is 1. The molecule has 2 aliphatic rings. The van der Waals surface area contributed by atoms with E-state index >= 15 is 0 Å². The van der Waals surface area contributed by atoms with Crippen LogP contribution in [-0.2, 0) is 4.79 Å². The Bertz CT molecular complexity index is 226. The number of rotatable bonds is 0. The Morgan fingerprint density at radius 2 is 1.62 bits per heavy atom. The Morgan fingerprint density at radius 3 is 2.00 bits per heavy atom. The van der Waals surface area contributed by atoms with Crippen molar-refractivity contribution in [2.45, 2.75) is 43.9 Å². The van der Waals surface area contributed by atoms with Crippen LogP contribution in [0, 0.1) is 0 Å². The predicted octanol–water partition coefficient (Wildman–Crippen LogP) is 1.70. The molecule has 1 amide bonds. The lowest BCUT2D eigenvalue weighted by Crippen LogP contribution is -2.31. The minimum Gasteiger partial charge on any atom is -0.325 e. The molecule has 0 bridgehead atoms. The van der Waals surface area contributed by atoms with E-state index in [0.717, 1.165) is 30.6 Å². The molecule has 2 fully saturated rings. The minimum absolute atomic E-state index is 0.108. The molecular formula is C8H10F3NO. The van der Waals surface area contributed by atoms with Gasteiger partial charge in [0, 0.05) is 0 Å². The van der Waals surface area contributed by atoms with Crippen LogP contribution < -0.4 is 0 Å². The SMILES string of the molecule is O=C(N1C2CCCCC21)C(F)(F)F. The van der Waals surface area contributed by atoms with E-state index in [1.54, 1.807) is 0 Å². The Kier molecular flexibility index (Phi) is 1.78. The first-order chi connectivity index (χ1) is 6.02. The molecule has 2 rings (SSSR count). The summed E-state index contributed by atoms with van der Waals surface area (Å²) in [6.45, 7) is 0. The Morgan fingerprint density at radius 1 is 1.15 bits per heavy atom. The summed E-state index contributed by atoms with van der Waals surface area (Å²) in [6.07, 6.45) is -1.30. The number of carbonyl (C=O) groups is 1. The molecule has 0 radical (unpaired) electrons. The fraction of sp³-hybridized carbons (Fsp3) is 0.875. The lowest BCUT2D eigenvalue weighted by molar-refractivity contribution is -0.180. The average Bonchev–Trinajstić information content (AvgIpc) is 2.75. The van der Waals surface area contributed by atoms with E-state index in [1.807, 2.05) is 0 Å². The first-order valence-electron chi connectivity index (χ1n) is 4.41. The van der Waals surface area contributed by atoms with Crippen LogP contribution in [0.2, 0.25) is 0 Å². The maximum Gasteiger partial charge on any atom is 0.471 e. The lowest BCUT2D eigenvalue weighted by atomic mass is 10.0. The van der Waals surface area contributed by atoms with Gasteiger partial charge in [-0.2, -0.15) is 13.2 Å². The third kappa shape index (κ3) is 1.40. The number of alkyl halides is 3. The Hall–Kier alpha value is -0.740. The molecule has 2 atom stereocenters. The van der Waals surface area contributed by atoms with Crippen molar-refractivity contribution in [2.75, 3.05) is 0 Å². The van der Waals surface area contributed by atoms with Crippen molar-refractivity contribution >= 4 is 5.91 Å². The van der Waals surface area contributed by atoms with Crippen molar-refractivity contribution < 1.29 is 18.0 Å². The molecule has 2 nitrogen and oxygen atoms in total. The van der Waals surface area contributed by atoms with E-state index in [2.05, 4.69) is 0 Å². The molecule has 2 unspecified atom stereocenters. The number of likely N-dealkylation sites (tertiary alicyclic amines) is 1. The molecule has 1 aliphatic carbocycles. The molecule has 0 aromatic rings. The van der Waals surface area contributed by atoms with E-state index in [9.17, 15) is 18.0 Å². The van der Waals surface area contributed by atoms with Gasteiger partial charge in [0.05, 0.1) is 12.1 Å². The van der Waals surface area contributed by atoms with Crippen molar-refractivity contribution in [3.05, 3.63) is 0 Å². The third-order valence-corrected chi connectivity index (χ3v) is 2.80. The summed E-state index contributed by atoms with van der Waals surface area (Å²) < 4.78 is 36.0. The van der Waals surface area contributed by atoms with Crippen molar-refractivity contribution in [1.29, 1.82) is 0 Å². The predicted molar refractivity (Wildman–Crippen MR) is 38.9 cm³/mol. The zero-order valence-corrected chi connectivity index (χ0v) is 6.97. The highest BCUT2D eigenvalue weighted by molar-refractivity contribution is 5.85. The normalized spacial score (nSPS) is 32.7. The summed E-state index contributed by atoms with van der Waals surface area (Å²) in [7, 11) is 0. The van der Waals surface area contributed by atoms with Gasteiger partial charge in [-0.05, 0) is 12.8 Å². The zero-order chi connectivity index (χ0) is 9.64. The van der Waals surface area contributed by atoms with E-state index in [1.165, 1.54) is 0 Å². The molecule has 1 heterocycles. The van der Waals surface area contributed by atoms with Crippen LogP contribution in [0.1, 0.15) is 25.7 Å². The summed E-state index contributed by atoms with van der Waals surface area (Å²) in [4.78, 5) is 11.8. The summed E-state index contributed by atoms with van der Waals surface area (Å²) in [5.41, 5.74) is 0. The molecule has 1 saturated carbocycles. The molecule has 0 aromatic carbocycles. The molecule has 0 aromatic heterocycles. The van der Waals surface area contributed by atoms with Gasteiger partial charge in [0.25, 0.3) is 0 Å². The quantitative estimate of drug-likeness (QED) is 0.536. The van der Waals surface area contributed by atoms with E-state index < -0.39 is 12.1 Å². The van der Waals surface area contributed by atoms with Crippen molar-refractivity contribution in [3.63, 3.8) is 0 Å². The van der Waals surface area contributed by atoms with E-state index in [-0.39, 0.29) is 12.1 Å². The topological polar surface area (TPSA) is 20.1 Å². The molecule has 0 spiro atoms. The summed E-state index contributed by atoms with van der Waals surface area (Å²) in [5.74, 6) is -1.65. The maximum atomic E-state index is 12.0. The number of carbonyl (C=O) groups excluding carboxylic acids is 1. The van der Waals surface area contributed by atoms with Crippen LogP contribution in [0.3, 0.4) is 0 Å². The van der Waals surface area contributed by atoms with E-state index in [0.29, 0.717) is 0 Å². The van der Waals surface area contributed by atoms with Gasteiger partial charge >= 0.3 is 12.1 Å². The molecule has 5 heteroatoms. The Labute approximate surface area is 73.7 Å². The largest absolute Gasteiger partial charge is 0.471 e. The number of halogens is 3. The molecule has 13 heavy (non-hydrogen) atoms. The first kappa shape index (κ1) is 8.84. The van der Waals surface area contributed by atoms with Crippen molar-refractivity contribution in [3.8, 4) is 0 Å². The fourth-order valence-electron chi connectivity index (χ4n) is 2.15. The van der Waals surface area contributed by atoms with Crippen molar-refractivity contribution in [2.24, 2.45) is 0 Å². The number of hydrogen-bond donors (Lipinski definition) is 0. The molecule has 0 N–H and O–H groups in total. The molecular weight excluding hydrogens is 183 g/mol. The second kappa shape index (κ2) is 2.62. The number of fused-ring (bicyclic) bond motifs is 1. The van der Waals surface area contributed by atoms with Gasteiger partial charge in [-0.25, -0.2) is 0 Å². The van der Waals surface area contributed by atoms with Gasteiger partial charge in [0.1, 0.15) is 0 Å².